The largest absolute Gasteiger partial charge is 2.00 e. The number of hydrogen-bond donors (Lipinski definition) is 6. The van der Waals surface area contributed by atoms with Gasteiger partial charge in [-0.15, -0.1) is 24.5 Å². The number of Topliss-reactive ketones (excluding diaryl/α,β-unsaturated/α-hetero) is 1. The average molecular weight is 1670 g/mol. The van der Waals surface area contributed by atoms with Gasteiger partial charge in [-0.1, -0.05) is 143 Å². The molecule has 15 rings (SSSR count). The van der Waals surface area contributed by atoms with Crippen molar-refractivity contribution in [2.75, 3.05) is 62.9 Å². The van der Waals surface area contributed by atoms with E-state index in [2.05, 4.69) is 53.4 Å². The van der Waals surface area contributed by atoms with Crippen LogP contribution < -0.4 is 61.6 Å². The van der Waals surface area contributed by atoms with E-state index in [9.17, 15) is 25.2 Å². The van der Waals surface area contributed by atoms with Gasteiger partial charge in [-0.05, 0) is 234 Å². The number of rotatable bonds is 15. The van der Waals surface area contributed by atoms with Crippen LogP contribution in [0.5, 0.6) is 40.2 Å². The number of benzene rings is 7. The summed E-state index contributed by atoms with van der Waals surface area (Å²) < 4.78 is 42.0. The van der Waals surface area contributed by atoms with Crippen molar-refractivity contribution in [2.24, 2.45) is 23.3 Å². The van der Waals surface area contributed by atoms with Crippen LogP contribution in [0.1, 0.15) is 227 Å². The summed E-state index contributed by atoms with van der Waals surface area (Å²) in [7, 11) is 11.6. The first-order valence-electron chi connectivity index (χ1n) is 40.4. The number of ketones is 1. The third-order valence-corrected chi connectivity index (χ3v) is 23.3. The molecule has 8 N–H and O–H groups in total. The Balaban J connectivity index is 0.000000342. The molecule has 7 aromatic carbocycles. The smallest absolute Gasteiger partial charge is 1.00 e. The molecule has 1 saturated heterocycles. The van der Waals surface area contributed by atoms with Crippen molar-refractivity contribution in [3.63, 3.8) is 0 Å². The summed E-state index contributed by atoms with van der Waals surface area (Å²) >= 11 is 0. The van der Waals surface area contributed by atoms with Crippen molar-refractivity contribution in [1.82, 2.24) is 0 Å². The van der Waals surface area contributed by atoms with E-state index in [0.29, 0.717) is 31.4 Å². The van der Waals surface area contributed by atoms with Crippen LogP contribution in [-0.4, -0.2) is 124 Å². The van der Waals surface area contributed by atoms with Crippen molar-refractivity contribution in [3.05, 3.63) is 227 Å². The van der Waals surface area contributed by atoms with Gasteiger partial charge in [0.2, 0.25) is 0 Å². The van der Waals surface area contributed by atoms with Crippen LogP contribution in [0.25, 0.3) is 10.4 Å². The van der Waals surface area contributed by atoms with E-state index in [1.807, 2.05) is 127 Å². The molecule has 1 aliphatic heterocycles. The maximum absolute atomic E-state index is 10.9. The van der Waals surface area contributed by atoms with Gasteiger partial charge in [0.05, 0.1) is 72.7 Å². The number of allylic oxidation sites excluding steroid dienone is 2. The molecule has 0 aromatic heterocycles. The van der Waals surface area contributed by atoms with Gasteiger partial charge in [0.15, 0.2) is 5.60 Å². The molecule has 0 spiro atoms. The van der Waals surface area contributed by atoms with E-state index in [0.717, 1.165) is 184 Å². The number of hydrogen-bond acceptors (Lipinski definition) is 15. The van der Waals surface area contributed by atoms with Crippen molar-refractivity contribution < 1.29 is 86.2 Å². The zero-order chi connectivity index (χ0) is 78.7. The van der Waals surface area contributed by atoms with Crippen LogP contribution in [0.4, 0.5) is 4.70 Å². The molecule has 1 heterocycles. The Hall–Kier alpha value is -6.77. The number of nitrogens with two attached hydrogens (primary N) is 2. The van der Waals surface area contributed by atoms with E-state index in [1.165, 1.54) is 80.9 Å². The second kappa shape index (κ2) is 51.4. The van der Waals surface area contributed by atoms with E-state index in [1.54, 1.807) is 55.8 Å². The van der Waals surface area contributed by atoms with E-state index >= 15 is 0 Å². The average Bonchev–Trinajstić information content (AvgIpc) is 1.57. The normalized spacial score (nSPS) is 23.9. The Labute approximate surface area is 714 Å². The third-order valence-electron chi connectivity index (χ3n) is 23.3. The first kappa shape index (κ1) is 99.6. The molecular formula is C94H130BrClFMgN3O13. The number of carbonyl (C=O) groups excluding carboxylic acids is 1. The second-order valence-electron chi connectivity index (χ2n) is 30.3. The van der Waals surface area contributed by atoms with Crippen molar-refractivity contribution >= 4 is 46.8 Å². The summed E-state index contributed by atoms with van der Waals surface area (Å²) in [6, 6.07) is 57.3. The molecule has 8 atom stereocenters. The Kier molecular flexibility index (Phi) is 44.9. The zero-order valence-electron chi connectivity index (χ0n) is 68.6. The number of methoxy groups -OCH3 is 7. The summed E-state index contributed by atoms with van der Waals surface area (Å²) in [5.74, 6) is 6.65. The number of ether oxygens (including phenoxy) is 8. The maximum atomic E-state index is 10.9. The first-order chi connectivity index (χ1) is 53.4. The number of nitrogens with zero attached hydrogens (tertiary/aromatic N) is 1. The topological polar surface area (TPSA) is 232 Å². The molecule has 0 radical (unpaired) electrons. The Bertz CT molecular complexity index is 3840. The molecule has 8 aliphatic rings. The van der Waals surface area contributed by atoms with E-state index in [4.69, 9.17) is 55.9 Å². The molecule has 6 saturated carbocycles. The molecule has 16 nitrogen and oxygen atoms in total. The fraction of sp³-hybridized carbons (Fsp3) is 0.511. The van der Waals surface area contributed by atoms with Crippen LogP contribution in [0.15, 0.2) is 176 Å². The molecule has 0 bridgehead atoms. The summed E-state index contributed by atoms with van der Waals surface area (Å²) in [6.07, 6.45) is 34.9. The summed E-state index contributed by atoms with van der Waals surface area (Å²) in [5, 5.41) is 43.0. The molecule has 7 aliphatic carbocycles. The van der Waals surface area contributed by atoms with Crippen LogP contribution in [0.3, 0.4) is 0 Å². The fourth-order valence-electron chi connectivity index (χ4n) is 16.6. The minimum Gasteiger partial charge on any atom is -1.00 e. The molecule has 0 unspecified atom stereocenters. The number of fused-ring (bicyclic) bond motifs is 1. The van der Waals surface area contributed by atoms with Crippen LogP contribution in [0.2, 0.25) is 0 Å². The minimum absolute atomic E-state index is 0. The van der Waals surface area contributed by atoms with Gasteiger partial charge in [0, 0.05) is 38.3 Å². The molecule has 20 heteroatoms. The zero-order valence-corrected chi connectivity index (χ0v) is 72.5. The standard InChI is InChI=1S/C14H17NO2.2C14H21NO2.C13H16O2.C13H18O2.C13H16O.C7H7O.C6H10O.BrH.ClH.FH.Mg.H2/c1-15-13-8-3-4-9-14(13,16)11-6-5-7-12(10-11)17-2;2*1-17-13-7-4-6-11(9-13)14(16)8-3-2-5-12(14)10-15;1-14-11-6-4-5-10(9-11)13-8-3-2-7-12(13)15-13;1-15-12-7-5-6-11(10-12)13(14)8-3-2-4-9-13;1-14-13-9-5-8-12(10-13)11-6-3-2-4-7-11;1-8-7-5-3-2-4-6-7;7-6-4-2-1-3-5-6;;;;;/h5-7,10,13,16H,3-4,8-9H2,2H3;2*4,6-7,9,12,16H,2-3,5,8,10,15H2,1H3;4-6,9,12H,2-3,7-8H2,1H3;5-7,10,14H,2-4,8-9H2,1H3;5-6,8-10H,2-4,7H2,1H3;2-3,5-6H,1H3;1-5H2;3*1H;;1H/q;;;;;;-1;;;;;+2;/p-1/t13-,14+;2*12-,14-;12-,13-;;;;;;;;;/m1000........./s1/i;;;;;;;;;;;;1+2. The molecule has 622 valence electrons. The minimum atomic E-state index is -1.01. The predicted molar refractivity (Wildman–Crippen MR) is 457 cm³/mol. The van der Waals surface area contributed by atoms with Gasteiger partial charge in [0.25, 0.3) is 6.04 Å². The van der Waals surface area contributed by atoms with Gasteiger partial charge in [-0.25, -0.2) is 6.57 Å². The van der Waals surface area contributed by atoms with Crippen molar-refractivity contribution in [1.29, 1.82) is 0 Å². The van der Waals surface area contributed by atoms with Gasteiger partial charge in [0.1, 0.15) is 45.9 Å². The molecule has 114 heavy (non-hydrogen) atoms. The summed E-state index contributed by atoms with van der Waals surface area (Å²) in [4.78, 5) is 14.1. The number of carbonyl (C=O) groups is 1. The van der Waals surface area contributed by atoms with Gasteiger partial charge < -0.3 is 91.6 Å². The SMILES string of the molecule is COc1c[c-]ccc1.COc1cccc(C2(O)CCCCC2)c1.COc1cccc(C2=CCCCC2)c1.COc1cccc([C@@]2(O)CCCC[C@H]2CN)c1.COc1cccc([C@@]2(O)CCCC[C@H]2CN)c1.COc1cccc([C@@]23CCCC[C@@H]2O3)c1.Cl.F.O=C1CCCCC1.[3HH].[Br-].[C-]#[N+][C@@H]1CCCC[C@]1(O)c1cccc(OC)c1.[Mg+2]. The Morgan fingerprint density at radius 1 is 0.456 bits per heavy atom. The number of halogens is 3. The monoisotopic (exact) mass is 1670 g/mol. The summed E-state index contributed by atoms with van der Waals surface area (Å²) in [6.45, 7) is 8.31. The van der Waals surface area contributed by atoms with Gasteiger partial charge in [-0.2, -0.15) is 18.2 Å². The molecule has 7 aromatic rings. The van der Waals surface area contributed by atoms with Crippen LogP contribution in [-0.2, 0) is 37.5 Å². The van der Waals surface area contributed by atoms with E-state index < -0.39 is 22.4 Å². The Morgan fingerprint density at radius 2 is 0.842 bits per heavy atom. The second-order valence-corrected chi connectivity index (χ2v) is 30.3. The number of epoxide rings is 1. The first-order valence-corrected chi connectivity index (χ1v) is 40.4. The van der Waals surface area contributed by atoms with Crippen LogP contribution >= 0.6 is 12.4 Å². The van der Waals surface area contributed by atoms with Crippen molar-refractivity contribution in [2.45, 2.75) is 233 Å². The van der Waals surface area contributed by atoms with Gasteiger partial charge >= 0.3 is 23.1 Å². The third kappa shape index (κ3) is 28.5. The van der Waals surface area contributed by atoms with Gasteiger partial charge in [-0.3, -0.25) is 9.50 Å². The molecule has 7 fully saturated rings. The van der Waals surface area contributed by atoms with Crippen LogP contribution in [0, 0.1) is 24.5 Å². The number of aliphatic hydroxyl groups is 4. The predicted octanol–water partition coefficient (Wildman–Crippen LogP) is 16.6. The fourth-order valence-corrected chi connectivity index (χ4v) is 16.6. The maximum Gasteiger partial charge on any atom is 2.00 e. The molecular weight excluding hydrogens is 1540 g/mol. The summed E-state index contributed by atoms with van der Waals surface area (Å²) in [5.41, 5.74) is 16.2. The molecule has 0 amide bonds. The van der Waals surface area contributed by atoms with Crippen molar-refractivity contribution in [3.8, 4) is 40.2 Å². The van der Waals surface area contributed by atoms with E-state index in [-0.39, 0.29) is 82.1 Å². The Morgan fingerprint density at radius 3 is 1.26 bits per heavy atom. The quantitative estimate of drug-likeness (QED) is 0.0318.